The van der Waals surface area contributed by atoms with Gasteiger partial charge in [0.25, 0.3) is 5.91 Å². The molecular weight excluding hydrogens is 515 g/mol. The first-order chi connectivity index (χ1) is 15.1. The van der Waals surface area contributed by atoms with Crippen LogP contribution in [0, 0.1) is 27.7 Å². The number of urea groups is 1. The van der Waals surface area contributed by atoms with E-state index in [1.54, 1.807) is 31.2 Å². The standard InChI is InChI=1S/C24H21BrCl2N2O3/c1-12-11-19(28-24(31)29-23(30)16-7-5-6-8-18(16)26)15(4)21(27)22(12)32-20-10-9-17(25)13(2)14(20)3/h5-11H,1-4H3,(H2,28,29,30,31). The van der Waals surface area contributed by atoms with Crippen LogP contribution in [0.3, 0.4) is 0 Å². The normalized spacial score (nSPS) is 10.6. The smallest absolute Gasteiger partial charge is 0.326 e. The van der Waals surface area contributed by atoms with Crippen molar-refractivity contribution in [1.29, 1.82) is 0 Å². The lowest BCUT2D eigenvalue weighted by Gasteiger charge is -2.18. The van der Waals surface area contributed by atoms with Crippen LogP contribution >= 0.6 is 39.1 Å². The molecule has 0 saturated heterocycles. The molecule has 0 radical (unpaired) electrons. The summed E-state index contributed by atoms with van der Waals surface area (Å²) in [5.41, 5.74) is 4.08. The summed E-state index contributed by atoms with van der Waals surface area (Å²) in [4.78, 5) is 24.7. The second-order valence-electron chi connectivity index (χ2n) is 7.29. The third kappa shape index (κ3) is 5.09. The predicted molar refractivity (Wildman–Crippen MR) is 133 cm³/mol. The van der Waals surface area contributed by atoms with Gasteiger partial charge in [0.05, 0.1) is 15.6 Å². The highest BCUT2D eigenvalue weighted by Crippen LogP contribution is 2.40. The molecule has 0 heterocycles. The van der Waals surface area contributed by atoms with Crippen molar-refractivity contribution in [2.75, 3.05) is 5.32 Å². The molecule has 0 fully saturated rings. The van der Waals surface area contributed by atoms with Gasteiger partial charge >= 0.3 is 6.03 Å². The highest BCUT2D eigenvalue weighted by Gasteiger charge is 2.19. The van der Waals surface area contributed by atoms with Gasteiger partial charge in [-0.05, 0) is 80.3 Å². The minimum Gasteiger partial charge on any atom is -0.455 e. The summed E-state index contributed by atoms with van der Waals surface area (Å²) >= 11 is 16.1. The van der Waals surface area contributed by atoms with Crippen molar-refractivity contribution in [3.63, 3.8) is 0 Å². The molecule has 0 aliphatic carbocycles. The Morgan fingerprint density at radius 3 is 2.31 bits per heavy atom. The first-order valence-corrected chi connectivity index (χ1v) is 11.2. The number of ether oxygens (including phenoxy) is 1. The lowest BCUT2D eigenvalue weighted by atomic mass is 10.1. The molecule has 2 N–H and O–H groups in total. The maximum atomic E-state index is 12.4. The number of carbonyl (C=O) groups excluding carboxylic acids is 2. The Labute approximate surface area is 205 Å². The van der Waals surface area contributed by atoms with E-state index in [0.717, 1.165) is 21.2 Å². The Morgan fingerprint density at radius 2 is 1.62 bits per heavy atom. The number of halogens is 3. The number of rotatable bonds is 4. The number of benzene rings is 3. The lowest BCUT2D eigenvalue weighted by molar-refractivity contribution is 0.0967. The predicted octanol–water partition coefficient (Wildman–Crippen LogP) is 7.74. The summed E-state index contributed by atoms with van der Waals surface area (Å²) in [5.74, 6) is 0.598. The van der Waals surface area contributed by atoms with Gasteiger partial charge in [-0.3, -0.25) is 10.1 Å². The molecule has 0 aromatic heterocycles. The van der Waals surface area contributed by atoms with Crippen molar-refractivity contribution in [2.45, 2.75) is 27.7 Å². The summed E-state index contributed by atoms with van der Waals surface area (Å²) in [5, 5.41) is 5.57. The van der Waals surface area contributed by atoms with E-state index in [4.69, 9.17) is 27.9 Å². The van der Waals surface area contributed by atoms with Crippen LogP contribution < -0.4 is 15.4 Å². The van der Waals surface area contributed by atoms with Crippen molar-refractivity contribution in [1.82, 2.24) is 5.32 Å². The number of anilines is 1. The van der Waals surface area contributed by atoms with E-state index in [0.29, 0.717) is 27.8 Å². The summed E-state index contributed by atoms with van der Waals surface area (Å²) in [6, 6.07) is 11.3. The van der Waals surface area contributed by atoms with Crippen molar-refractivity contribution in [2.24, 2.45) is 0 Å². The van der Waals surface area contributed by atoms with Crippen LogP contribution in [0.2, 0.25) is 10.0 Å². The van der Waals surface area contributed by atoms with Gasteiger partial charge in [-0.1, -0.05) is 51.3 Å². The van der Waals surface area contributed by atoms with E-state index < -0.39 is 11.9 Å². The van der Waals surface area contributed by atoms with Gasteiger partial charge in [0.2, 0.25) is 0 Å². The molecule has 3 aromatic rings. The molecule has 32 heavy (non-hydrogen) atoms. The molecule has 0 atom stereocenters. The van der Waals surface area contributed by atoms with Gasteiger partial charge in [0.1, 0.15) is 11.5 Å². The first kappa shape index (κ1) is 24.1. The van der Waals surface area contributed by atoms with Gasteiger partial charge < -0.3 is 10.1 Å². The van der Waals surface area contributed by atoms with Gasteiger partial charge in [-0.2, -0.15) is 0 Å². The Balaban J connectivity index is 1.81. The zero-order valence-corrected chi connectivity index (χ0v) is 21.0. The zero-order valence-electron chi connectivity index (χ0n) is 17.9. The number of hydrogen-bond acceptors (Lipinski definition) is 3. The average molecular weight is 536 g/mol. The van der Waals surface area contributed by atoms with Crippen LogP contribution in [-0.4, -0.2) is 11.9 Å². The topological polar surface area (TPSA) is 67.4 Å². The second-order valence-corrected chi connectivity index (χ2v) is 8.93. The number of hydrogen-bond donors (Lipinski definition) is 2. The van der Waals surface area contributed by atoms with Crippen molar-refractivity contribution < 1.29 is 14.3 Å². The molecule has 0 bridgehead atoms. The molecule has 0 aliphatic rings. The lowest BCUT2D eigenvalue weighted by Crippen LogP contribution is -2.34. The van der Waals surface area contributed by atoms with Gasteiger partial charge in [0.15, 0.2) is 0 Å². The quantitative estimate of drug-likeness (QED) is 0.359. The third-order valence-corrected chi connectivity index (χ3v) is 6.77. The molecule has 0 unspecified atom stereocenters. The number of aryl methyl sites for hydroxylation is 1. The Kier molecular flexibility index (Phi) is 7.49. The molecule has 8 heteroatoms. The summed E-state index contributed by atoms with van der Waals surface area (Å²) in [6.07, 6.45) is 0. The highest BCUT2D eigenvalue weighted by molar-refractivity contribution is 9.10. The highest BCUT2D eigenvalue weighted by atomic mass is 79.9. The van der Waals surface area contributed by atoms with Gasteiger partial charge in [-0.15, -0.1) is 0 Å². The number of imide groups is 1. The van der Waals surface area contributed by atoms with E-state index in [-0.39, 0.29) is 10.6 Å². The molecule has 166 valence electrons. The monoisotopic (exact) mass is 534 g/mol. The maximum Gasteiger partial charge on any atom is 0.326 e. The van der Waals surface area contributed by atoms with Gasteiger partial charge in [-0.25, -0.2) is 4.79 Å². The number of amides is 3. The number of carbonyl (C=O) groups is 2. The molecule has 3 aromatic carbocycles. The van der Waals surface area contributed by atoms with E-state index in [1.807, 2.05) is 32.9 Å². The minimum absolute atomic E-state index is 0.208. The minimum atomic E-state index is -0.693. The second kappa shape index (κ2) is 9.94. The molecule has 5 nitrogen and oxygen atoms in total. The SMILES string of the molecule is Cc1cc(NC(=O)NC(=O)c2ccccc2Cl)c(C)c(Cl)c1Oc1ccc(Br)c(C)c1C. The van der Waals surface area contributed by atoms with E-state index >= 15 is 0 Å². The van der Waals surface area contributed by atoms with Gasteiger partial charge in [0, 0.05) is 10.2 Å². The molecule has 0 aliphatic heterocycles. The van der Waals surface area contributed by atoms with E-state index in [2.05, 4.69) is 26.6 Å². The van der Waals surface area contributed by atoms with Crippen LogP contribution in [0.4, 0.5) is 10.5 Å². The fraction of sp³-hybridized carbons (Fsp3) is 0.167. The Hall–Kier alpha value is -2.54. The van der Waals surface area contributed by atoms with Crippen LogP contribution in [0.25, 0.3) is 0 Å². The van der Waals surface area contributed by atoms with E-state index in [1.165, 1.54) is 6.07 Å². The van der Waals surface area contributed by atoms with Crippen LogP contribution in [-0.2, 0) is 0 Å². The molecule has 3 amide bonds. The molecule has 0 saturated carbocycles. The molecular formula is C24H21BrCl2N2O3. The fourth-order valence-corrected chi connectivity index (χ4v) is 4.00. The Bertz CT molecular complexity index is 1230. The molecule has 3 rings (SSSR count). The average Bonchev–Trinajstić information content (AvgIpc) is 2.74. The fourth-order valence-electron chi connectivity index (χ4n) is 3.06. The van der Waals surface area contributed by atoms with Crippen LogP contribution in [0.5, 0.6) is 11.5 Å². The molecule has 0 spiro atoms. The van der Waals surface area contributed by atoms with Crippen LogP contribution in [0.15, 0.2) is 46.9 Å². The third-order valence-electron chi connectivity index (χ3n) is 5.13. The summed E-state index contributed by atoms with van der Waals surface area (Å²) in [7, 11) is 0. The van der Waals surface area contributed by atoms with Crippen molar-refractivity contribution in [3.8, 4) is 11.5 Å². The largest absolute Gasteiger partial charge is 0.455 e. The first-order valence-electron chi connectivity index (χ1n) is 9.70. The van der Waals surface area contributed by atoms with Crippen molar-refractivity contribution >= 4 is 56.8 Å². The maximum absolute atomic E-state index is 12.4. The van der Waals surface area contributed by atoms with E-state index in [9.17, 15) is 9.59 Å². The van der Waals surface area contributed by atoms with Crippen LogP contribution in [0.1, 0.15) is 32.6 Å². The number of nitrogens with one attached hydrogen (secondary N) is 2. The zero-order chi connectivity index (χ0) is 23.6. The van der Waals surface area contributed by atoms with Crippen molar-refractivity contribution in [3.05, 3.63) is 84.8 Å². The summed E-state index contributed by atoms with van der Waals surface area (Å²) < 4.78 is 7.13. The Morgan fingerprint density at radius 1 is 0.938 bits per heavy atom. The summed E-state index contributed by atoms with van der Waals surface area (Å²) in [6.45, 7) is 7.57.